The van der Waals surface area contributed by atoms with Crippen LogP contribution in [-0.4, -0.2) is 15.0 Å². The summed E-state index contributed by atoms with van der Waals surface area (Å²) >= 11 is 0. The summed E-state index contributed by atoms with van der Waals surface area (Å²) in [5.41, 5.74) is 2.17. The van der Waals surface area contributed by atoms with Crippen LogP contribution in [0, 0.1) is 5.92 Å². The number of nitrogens with zero attached hydrogens (tertiary/aromatic N) is 3. The predicted octanol–water partition coefficient (Wildman–Crippen LogP) is 4.52. The molecule has 2 atom stereocenters. The molecule has 108 valence electrons. The van der Waals surface area contributed by atoms with E-state index >= 15 is 0 Å². The summed E-state index contributed by atoms with van der Waals surface area (Å²) in [6, 6.07) is 2.04. The average molecular weight is 271 g/mol. The number of fused-ring (bicyclic) bond motifs is 1. The summed E-state index contributed by atoms with van der Waals surface area (Å²) in [6.07, 6.45) is 8.06. The third-order valence-electron chi connectivity index (χ3n) is 4.18. The molecule has 0 fully saturated rings. The molecule has 0 aliphatic heterocycles. The van der Waals surface area contributed by atoms with Gasteiger partial charge in [-0.3, -0.25) is 4.98 Å². The molecular weight excluding hydrogens is 246 g/mol. The third kappa shape index (κ3) is 2.97. The van der Waals surface area contributed by atoms with Gasteiger partial charge in [0.05, 0.1) is 17.4 Å². The number of hydrogen-bond donors (Lipinski definition) is 0. The molecule has 2 heterocycles. The highest BCUT2D eigenvalue weighted by Crippen LogP contribution is 2.29. The Hall–Kier alpha value is -1.51. The maximum Gasteiger partial charge on any atom is 0.132 e. The molecule has 0 radical (unpaired) electrons. The Kier molecular flexibility index (Phi) is 5.05. The average Bonchev–Trinajstić information content (AvgIpc) is 2.48. The van der Waals surface area contributed by atoms with Crippen molar-refractivity contribution in [1.82, 2.24) is 15.0 Å². The smallest absolute Gasteiger partial charge is 0.132 e. The monoisotopic (exact) mass is 271 g/mol. The predicted molar refractivity (Wildman–Crippen MR) is 83.8 cm³/mol. The Bertz CT molecular complexity index is 565. The van der Waals surface area contributed by atoms with Crippen LogP contribution in [0.5, 0.6) is 0 Å². The summed E-state index contributed by atoms with van der Waals surface area (Å²) in [5.74, 6) is 2.06. The molecule has 2 aromatic rings. The van der Waals surface area contributed by atoms with E-state index in [1.807, 2.05) is 18.5 Å². The molecule has 0 saturated heterocycles. The van der Waals surface area contributed by atoms with Gasteiger partial charge in [0.15, 0.2) is 0 Å². The highest BCUT2D eigenvalue weighted by molar-refractivity contribution is 5.79. The molecule has 0 saturated carbocycles. The fourth-order valence-corrected chi connectivity index (χ4v) is 2.78. The lowest BCUT2D eigenvalue weighted by atomic mass is 9.88. The highest BCUT2D eigenvalue weighted by Gasteiger charge is 2.20. The van der Waals surface area contributed by atoms with Crippen molar-refractivity contribution in [1.29, 1.82) is 0 Å². The SMILES string of the molecule is CCCc1nc(C(CC)C(C)CC)nc2cnccc12. The zero-order chi connectivity index (χ0) is 14.5. The van der Waals surface area contributed by atoms with Crippen LogP contribution >= 0.6 is 0 Å². The molecule has 0 aromatic carbocycles. The number of rotatable bonds is 6. The fourth-order valence-electron chi connectivity index (χ4n) is 2.78. The number of aromatic nitrogens is 3. The first kappa shape index (κ1) is 14.9. The van der Waals surface area contributed by atoms with Gasteiger partial charge in [0.2, 0.25) is 0 Å². The van der Waals surface area contributed by atoms with E-state index < -0.39 is 0 Å². The van der Waals surface area contributed by atoms with E-state index in [0.29, 0.717) is 11.8 Å². The topological polar surface area (TPSA) is 38.7 Å². The molecule has 0 aliphatic rings. The Morgan fingerprint density at radius 2 is 1.90 bits per heavy atom. The van der Waals surface area contributed by atoms with E-state index in [1.165, 1.54) is 5.69 Å². The third-order valence-corrected chi connectivity index (χ3v) is 4.18. The van der Waals surface area contributed by atoms with Crippen molar-refractivity contribution in [3.05, 3.63) is 30.0 Å². The zero-order valence-electron chi connectivity index (χ0n) is 13.1. The minimum atomic E-state index is 0.445. The number of pyridine rings is 1. The second-order valence-corrected chi connectivity index (χ2v) is 5.57. The van der Waals surface area contributed by atoms with Gasteiger partial charge in [-0.2, -0.15) is 0 Å². The Labute approximate surface area is 121 Å². The van der Waals surface area contributed by atoms with Gasteiger partial charge in [0.1, 0.15) is 5.82 Å². The van der Waals surface area contributed by atoms with Gasteiger partial charge in [-0.25, -0.2) is 9.97 Å². The summed E-state index contributed by atoms with van der Waals surface area (Å²) in [5, 5.41) is 1.16. The van der Waals surface area contributed by atoms with E-state index in [0.717, 1.165) is 42.4 Å². The molecule has 2 unspecified atom stereocenters. The second kappa shape index (κ2) is 6.78. The van der Waals surface area contributed by atoms with Crippen molar-refractivity contribution in [3.8, 4) is 0 Å². The van der Waals surface area contributed by atoms with Gasteiger partial charge in [0.25, 0.3) is 0 Å². The quantitative estimate of drug-likeness (QED) is 0.775. The summed E-state index contributed by atoms with van der Waals surface area (Å²) in [4.78, 5) is 13.9. The van der Waals surface area contributed by atoms with Gasteiger partial charge >= 0.3 is 0 Å². The lowest BCUT2D eigenvalue weighted by molar-refractivity contribution is 0.417. The molecule has 20 heavy (non-hydrogen) atoms. The van der Waals surface area contributed by atoms with Crippen LogP contribution in [0.1, 0.15) is 64.4 Å². The van der Waals surface area contributed by atoms with E-state index in [-0.39, 0.29) is 0 Å². The van der Waals surface area contributed by atoms with E-state index in [9.17, 15) is 0 Å². The fraction of sp³-hybridized carbons (Fsp3) is 0.588. The minimum absolute atomic E-state index is 0.445. The van der Waals surface area contributed by atoms with Crippen molar-refractivity contribution < 1.29 is 0 Å². The van der Waals surface area contributed by atoms with E-state index in [4.69, 9.17) is 9.97 Å². The van der Waals surface area contributed by atoms with Crippen LogP contribution in [0.3, 0.4) is 0 Å². The largest absolute Gasteiger partial charge is 0.262 e. The molecule has 0 aliphatic carbocycles. The summed E-state index contributed by atoms with van der Waals surface area (Å²) < 4.78 is 0. The van der Waals surface area contributed by atoms with Crippen molar-refractivity contribution in [2.75, 3.05) is 0 Å². The second-order valence-electron chi connectivity index (χ2n) is 5.57. The van der Waals surface area contributed by atoms with E-state index in [2.05, 4.69) is 32.7 Å². The van der Waals surface area contributed by atoms with Crippen molar-refractivity contribution in [2.24, 2.45) is 5.92 Å². The molecule has 0 amide bonds. The molecule has 0 spiro atoms. The molecule has 3 heteroatoms. The number of hydrogen-bond acceptors (Lipinski definition) is 3. The molecule has 3 nitrogen and oxygen atoms in total. The lowest BCUT2D eigenvalue weighted by Crippen LogP contribution is -2.13. The Balaban J connectivity index is 2.53. The maximum absolute atomic E-state index is 4.89. The van der Waals surface area contributed by atoms with Crippen LogP contribution in [0.15, 0.2) is 18.5 Å². The minimum Gasteiger partial charge on any atom is -0.262 e. The van der Waals surface area contributed by atoms with Crippen LogP contribution < -0.4 is 0 Å². The first-order valence-electron chi connectivity index (χ1n) is 7.81. The highest BCUT2D eigenvalue weighted by atomic mass is 14.9. The molecule has 0 bridgehead atoms. The summed E-state index contributed by atoms with van der Waals surface area (Å²) in [6.45, 7) is 8.96. The van der Waals surface area contributed by atoms with Crippen LogP contribution in [0.25, 0.3) is 10.9 Å². The van der Waals surface area contributed by atoms with Gasteiger partial charge in [0, 0.05) is 17.5 Å². The first-order chi connectivity index (χ1) is 9.71. The van der Waals surface area contributed by atoms with Crippen molar-refractivity contribution in [3.63, 3.8) is 0 Å². The zero-order valence-corrected chi connectivity index (χ0v) is 13.1. The van der Waals surface area contributed by atoms with Gasteiger partial charge in [-0.1, -0.05) is 40.5 Å². The van der Waals surface area contributed by atoms with Gasteiger partial charge in [-0.05, 0) is 24.8 Å². The lowest BCUT2D eigenvalue weighted by Gasteiger charge is -2.21. The first-order valence-corrected chi connectivity index (χ1v) is 7.81. The van der Waals surface area contributed by atoms with Crippen LogP contribution in [-0.2, 0) is 6.42 Å². The van der Waals surface area contributed by atoms with Crippen LogP contribution in [0.2, 0.25) is 0 Å². The molecule has 0 N–H and O–H groups in total. The van der Waals surface area contributed by atoms with Gasteiger partial charge < -0.3 is 0 Å². The number of aryl methyl sites for hydroxylation is 1. The molecule has 2 rings (SSSR count). The van der Waals surface area contributed by atoms with Crippen molar-refractivity contribution >= 4 is 10.9 Å². The van der Waals surface area contributed by atoms with Crippen LogP contribution in [0.4, 0.5) is 0 Å². The Morgan fingerprint density at radius 3 is 2.55 bits per heavy atom. The Morgan fingerprint density at radius 1 is 1.10 bits per heavy atom. The molecule has 2 aromatic heterocycles. The normalized spacial score (nSPS) is 14.4. The molecular formula is C17H25N3. The van der Waals surface area contributed by atoms with E-state index in [1.54, 1.807) is 0 Å². The summed E-state index contributed by atoms with van der Waals surface area (Å²) in [7, 11) is 0. The standard InChI is InChI=1S/C17H25N3/c1-5-8-15-14-9-10-18-11-16(14)20-17(19-15)13(7-3)12(4)6-2/h9-13H,5-8H2,1-4H3. The van der Waals surface area contributed by atoms with Crippen molar-refractivity contribution in [2.45, 2.75) is 59.3 Å². The van der Waals surface area contributed by atoms with Gasteiger partial charge in [-0.15, -0.1) is 0 Å². The maximum atomic E-state index is 4.89.